The fourth-order valence-electron chi connectivity index (χ4n) is 6.08. The lowest BCUT2D eigenvalue weighted by Crippen LogP contribution is -2.53. The Balaban J connectivity index is 1.32. The van der Waals surface area contributed by atoms with Gasteiger partial charge in [0.2, 0.25) is 0 Å². The van der Waals surface area contributed by atoms with Gasteiger partial charge in [-0.2, -0.15) is 0 Å². The Kier molecular flexibility index (Phi) is 5.97. The van der Waals surface area contributed by atoms with Crippen LogP contribution in [0.25, 0.3) is 0 Å². The molecule has 0 atom stereocenters. The van der Waals surface area contributed by atoms with Crippen LogP contribution in [0.5, 0.6) is 0 Å². The summed E-state index contributed by atoms with van der Waals surface area (Å²) in [5, 5.41) is 10.4. The molecule has 0 bridgehead atoms. The molecule has 1 aromatic heterocycles. The van der Waals surface area contributed by atoms with E-state index in [9.17, 15) is 9.90 Å². The summed E-state index contributed by atoms with van der Waals surface area (Å²) in [7, 11) is 0. The van der Waals surface area contributed by atoms with Crippen molar-refractivity contribution in [2.45, 2.75) is 61.5 Å². The number of hydrogen-bond donors (Lipinski definition) is 1. The van der Waals surface area contributed by atoms with E-state index in [1.165, 1.54) is 18.4 Å². The number of imidazole rings is 1. The number of ether oxygens (including phenoxy) is 2. The molecule has 188 valence electrons. The molecule has 0 amide bonds. The molecule has 0 spiro atoms. The molecule has 6 heteroatoms. The quantitative estimate of drug-likeness (QED) is 0.457. The number of benzene rings is 2. The van der Waals surface area contributed by atoms with Crippen LogP contribution in [0, 0.1) is 5.92 Å². The molecule has 1 N–H and O–H groups in total. The Labute approximate surface area is 212 Å². The molecular formula is C30H34N2O4. The van der Waals surface area contributed by atoms with E-state index in [-0.39, 0.29) is 5.41 Å². The largest absolute Gasteiger partial charge is 0.481 e. The second kappa shape index (κ2) is 9.16. The van der Waals surface area contributed by atoms with Crippen LogP contribution in [0.2, 0.25) is 0 Å². The summed E-state index contributed by atoms with van der Waals surface area (Å²) in [6.07, 6.45) is 8.71. The van der Waals surface area contributed by atoms with Crippen LogP contribution < -0.4 is 0 Å². The van der Waals surface area contributed by atoms with Crippen LogP contribution in [-0.4, -0.2) is 40.4 Å². The Morgan fingerprint density at radius 3 is 2.17 bits per heavy atom. The van der Waals surface area contributed by atoms with Crippen LogP contribution in [0.4, 0.5) is 0 Å². The SMILES string of the molecule is O=C(O)[C@]1(c2ccccc2)CC[C@@](OCC2(c3ccccc3)COC2)(c2nccn2CC2CC2)CC1. The first-order valence-electron chi connectivity index (χ1n) is 13.1. The van der Waals surface area contributed by atoms with Crippen LogP contribution in [-0.2, 0) is 37.2 Å². The summed E-state index contributed by atoms with van der Waals surface area (Å²) in [5.41, 5.74) is 0.402. The monoisotopic (exact) mass is 486 g/mol. The minimum Gasteiger partial charge on any atom is -0.481 e. The fraction of sp³-hybridized carbons (Fsp3) is 0.467. The van der Waals surface area contributed by atoms with E-state index in [1.807, 2.05) is 42.6 Å². The predicted octanol–water partition coefficient (Wildman–Crippen LogP) is 5.07. The van der Waals surface area contributed by atoms with Gasteiger partial charge in [0, 0.05) is 18.9 Å². The maximum atomic E-state index is 12.7. The van der Waals surface area contributed by atoms with Gasteiger partial charge in [-0.25, -0.2) is 4.98 Å². The maximum absolute atomic E-state index is 12.7. The molecule has 0 unspecified atom stereocenters. The number of carboxylic acids is 1. The summed E-state index contributed by atoms with van der Waals surface area (Å²) in [5.74, 6) is 0.901. The Bertz CT molecular complexity index is 1190. The molecule has 2 heterocycles. The molecule has 36 heavy (non-hydrogen) atoms. The van der Waals surface area contributed by atoms with Gasteiger partial charge >= 0.3 is 5.97 Å². The van der Waals surface area contributed by atoms with Gasteiger partial charge in [0.15, 0.2) is 0 Å². The topological polar surface area (TPSA) is 73.6 Å². The first kappa shape index (κ1) is 23.4. The molecule has 6 rings (SSSR count). The third-order valence-corrected chi connectivity index (χ3v) is 8.69. The third-order valence-electron chi connectivity index (χ3n) is 8.69. The molecule has 2 saturated carbocycles. The Hall–Kier alpha value is -2.96. The number of carboxylic acid groups (broad SMARTS) is 1. The minimum atomic E-state index is -0.904. The third kappa shape index (κ3) is 4.06. The van der Waals surface area contributed by atoms with Gasteiger partial charge in [0.25, 0.3) is 0 Å². The molecular weight excluding hydrogens is 452 g/mol. The average Bonchev–Trinajstić information content (AvgIpc) is 3.59. The van der Waals surface area contributed by atoms with Crippen LogP contribution in [0.1, 0.15) is 55.5 Å². The Morgan fingerprint density at radius 1 is 0.972 bits per heavy atom. The lowest BCUT2D eigenvalue weighted by molar-refractivity contribution is -0.168. The summed E-state index contributed by atoms with van der Waals surface area (Å²) < 4.78 is 14.9. The number of aromatic nitrogens is 2. The molecule has 3 aliphatic rings. The highest BCUT2D eigenvalue weighted by Gasteiger charge is 2.53. The molecule has 6 nitrogen and oxygen atoms in total. The number of rotatable bonds is 9. The average molecular weight is 487 g/mol. The van der Waals surface area contributed by atoms with Crippen molar-refractivity contribution in [2.24, 2.45) is 5.92 Å². The van der Waals surface area contributed by atoms with Crippen molar-refractivity contribution in [3.63, 3.8) is 0 Å². The van der Waals surface area contributed by atoms with Crippen molar-refractivity contribution in [3.05, 3.63) is 90.0 Å². The van der Waals surface area contributed by atoms with E-state index in [4.69, 9.17) is 14.5 Å². The normalized spacial score (nSPS) is 27.3. The van der Waals surface area contributed by atoms with Gasteiger partial charge < -0.3 is 19.1 Å². The van der Waals surface area contributed by atoms with E-state index in [2.05, 4.69) is 35.0 Å². The molecule has 0 radical (unpaired) electrons. The molecule has 1 aliphatic heterocycles. The van der Waals surface area contributed by atoms with E-state index < -0.39 is 17.0 Å². The molecule has 3 aromatic rings. The zero-order chi connectivity index (χ0) is 24.6. The van der Waals surface area contributed by atoms with Gasteiger partial charge in [-0.05, 0) is 55.6 Å². The van der Waals surface area contributed by atoms with Crippen LogP contribution in [0.3, 0.4) is 0 Å². The Morgan fingerprint density at radius 2 is 1.61 bits per heavy atom. The lowest BCUT2D eigenvalue weighted by atomic mass is 9.64. The van der Waals surface area contributed by atoms with Crippen molar-refractivity contribution in [3.8, 4) is 0 Å². The lowest BCUT2D eigenvalue weighted by Gasteiger charge is -2.48. The number of carbonyl (C=O) groups is 1. The van der Waals surface area contributed by atoms with E-state index in [0.717, 1.165) is 17.9 Å². The minimum absolute atomic E-state index is 0.178. The number of nitrogens with zero attached hydrogens (tertiary/aromatic N) is 2. The van der Waals surface area contributed by atoms with Crippen molar-refractivity contribution >= 4 is 5.97 Å². The summed E-state index contributed by atoms with van der Waals surface area (Å²) in [4.78, 5) is 17.5. The van der Waals surface area contributed by atoms with Gasteiger partial charge in [-0.15, -0.1) is 0 Å². The second-order valence-corrected chi connectivity index (χ2v) is 11.0. The molecule has 3 fully saturated rings. The zero-order valence-electron chi connectivity index (χ0n) is 20.6. The maximum Gasteiger partial charge on any atom is 0.314 e. The van der Waals surface area contributed by atoms with E-state index >= 15 is 0 Å². The standard InChI is InChI=1S/C30H34N2O4/c33-27(34)29(25-9-5-2-6-10-25)13-15-30(16-14-29,26-31-17-18-32(26)19-23-11-12-23)36-22-28(20-35-21-28)24-7-3-1-4-8-24/h1-10,17-18,23H,11-16,19-22H2,(H,33,34)/t29-,30+. The van der Waals surface area contributed by atoms with Crippen molar-refractivity contribution in [2.75, 3.05) is 19.8 Å². The van der Waals surface area contributed by atoms with Gasteiger partial charge in [-0.3, -0.25) is 4.79 Å². The highest BCUT2D eigenvalue weighted by Crippen LogP contribution is 2.50. The first-order valence-corrected chi connectivity index (χ1v) is 13.1. The highest BCUT2D eigenvalue weighted by atomic mass is 16.5. The zero-order valence-corrected chi connectivity index (χ0v) is 20.6. The highest BCUT2D eigenvalue weighted by molar-refractivity contribution is 5.81. The molecule has 1 saturated heterocycles. The summed E-state index contributed by atoms with van der Waals surface area (Å²) in [6.45, 7) is 2.74. The van der Waals surface area contributed by atoms with Gasteiger partial charge in [0.1, 0.15) is 11.4 Å². The molecule has 2 aromatic carbocycles. The van der Waals surface area contributed by atoms with E-state index in [0.29, 0.717) is 51.4 Å². The van der Waals surface area contributed by atoms with Crippen LogP contribution in [0.15, 0.2) is 73.1 Å². The summed E-state index contributed by atoms with van der Waals surface area (Å²) >= 11 is 0. The second-order valence-electron chi connectivity index (χ2n) is 11.0. The van der Waals surface area contributed by atoms with Crippen molar-refractivity contribution in [1.82, 2.24) is 9.55 Å². The van der Waals surface area contributed by atoms with Crippen LogP contribution >= 0.6 is 0 Å². The predicted molar refractivity (Wildman–Crippen MR) is 136 cm³/mol. The van der Waals surface area contributed by atoms with Gasteiger partial charge in [-0.1, -0.05) is 60.7 Å². The van der Waals surface area contributed by atoms with E-state index in [1.54, 1.807) is 0 Å². The van der Waals surface area contributed by atoms with Crippen molar-refractivity contribution in [1.29, 1.82) is 0 Å². The fourth-order valence-corrected chi connectivity index (χ4v) is 6.08. The summed E-state index contributed by atoms with van der Waals surface area (Å²) in [6, 6.07) is 20.2. The smallest absolute Gasteiger partial charge is 0.314 e. The first-order chi connectivity index (χ1) is 17.6. The number of hydrogen-bond acceptors (Lipinski definition) is 4. The number of aliphatic carboxylic acids is 1. The van der Waals surface area contributed by atoms with Gasteiger partial charge in [0.05, 0.1) is 30.7 Å². The van der Waals surface area contributed by atoms with Crippen molar-refractivity contribution < 1.29 is 19.4 Å². The molecule has 2 aliphatic carbocycles.